The molecule has 0 amide bonds. The van der Waals surface area contributed by atoms with Gasteiger partial charge in [-0.3, -0.25) is 0 Å². The Morgan fingerprint density at radius 3 is 2.56 bits per heavy atom. The molecule has 0 bridgehead atoms. The van der Waals surface area contributed by atoms with E-state index in [0.717, 1.165) is 22.1 Å². The van der Waals surface area contributed by atoms with Crippen molar-refractivity contribution in [3.05, 3.63) is 42.0 Å². The number of aliphatic hydroxyl groups excluding tert-OH is 1. The van der Waals surface area contributed by atoms with E-state index in [1.165, 1.54) is 0 Å². The van der Waals surface area contributed by atoms with Crippen LogP contribution in [-0.4, -0.2) is 18.8 Å². The molecule has 3 nitrogen and oxygen atoms in total. The van der Waals surface area contributed by atoms with E-state index < -0.39 is 0 Å². The van der Waals surface area contributed by atoms with Crippen LogP contribution in [0.15, 0.2) is 36.4 Å². The minimum absolute atomic E-state index is 0.0400. The molecule has 0 aliphatic rings. The first-order valence-electron chi connectivity index (χ1n) is 5.18. The second-order valence-corrected chi connectivity index (χ2v) is 3.76. The van der Waals surface area contributed by atoms with Crippen molar-refractivity contribution in [2.24, 2.45) is 5.73 Å². The van der Waals surface area contributed by atoms with Crippen molar-refractivity contribution >= 4 is 10.8 Å². The Bertz CT molecular complexity index is 496. The van der Waals surface area contributed by atoms with Gasteiger partial charge in [-0.1, -0.05) is 18.2 Å². The summed E-state index contributed by atoms with van der Waals surface area (Å²) < 4.78 is 5.16. The quantitative estimate of drug-likeness (QED) is 0.824. The fourth-order valence-electron chi connectivity index (χ4n) is 1.71. The summed E-state index contributed by atoms with van der Waals surface area (Å²) in [4.78, 5) is 0. The van der Waals surface area contributed by atoms with Crippen molar-refractivity contribution in [1.29, 1.82) is 0 Å². The third-order valence-corrected chi connectivity index (χ3v) is 2.70. The van der Waals surface area contributed by atoms with E-state index >= 15 is 0 Å². The van der Waals surface area contributed by atoms with Crippen LogP contribution in [0, 0.1) is 0 Å². The highest BCUT2D eigenvalue weighted by molar-refractivity contribution is 5.84. The first-order chi connectivity index (χ1) is 7.74. The van der Waals surface area contributed by atoms with Gasteiger partial charge in [-0.15, -0.1) is 0 Å². The SMILES string of the molecule is COc1ccc2cc(C(N)CO)ccc2c1. The van der Waals surface area contributed by atoms with Crippen molar-refractivity contribution < 1.29 is 9.84 Å². The van der Waals surface area contributed by atoms with Crippen LogP contribution in [-0.2, 0) is 0 Å². The number of ether oxygens (including phenoxy) is 1. The Morgan fingerprint density at radius 2 is 1.88 bits per heavy atom. The number of fused-ring (bicyclic) bond motifs is 1. The average Bonchev–Trinajstić information content (AvgIpc) is 2.36. The molecule has 3 N–H and O–H groups in total. The van der Waals surface area contributed by atoms with Crippen molar-refractivity contribution in [2.45, 2.75) is 6.04 Å². The summed E-state index contributed by atoms with van der Waals surface area (Å²) in [5, 5.41) is 11.2. The predicted octanol–water partition coefficient (Wildman–Crippen LogP) is 1.84. The van der Waals surface area contributed by atoms with Crippen molar-refractivity contribution in [3.8, 4) is 5.75 Å². The maximum Gasteiger partial charge on any atom is 0.119 e. The largest absolute Gasteiger partial charge is 0.497 e. The lowest BCUT2D eigenvalue weighted by atomic mass is 10.0. The molecule has 2 aromatic carbocycles. The highest BCUT2D eigenvalue weighted by atomic mass is 16.5. The molecule has 0 aliphatic heterocycles. The molecule has 84 valence electrons. The van der Waals surface area contributed by atoms with E-state index in [1.54, 1.807) is 7.11 Å². The van der Waals surface area contributed by atoms with Gasteiger partial charge in [-0.2, -0.15) is 0 Å². The van der Waals surface area contributed by atoms with Crippen LogP contribution in [0.2, 0.25) is 0 Å². The lowest BCUT2D eigenvalue weighted by Crippen LogP contribution is -2.14. The van der Waals surface area contributed by atoms with Crippen molar-refractivity contribution in [3.63, 3.8) is 0 Å². The molecule has 1 unspecified atom stereocenters. The zero-order valence-corrected chi connectivity index (χ0v) is 9.18. The van der Waals surface area contributed by atoms with Crippen LogP contribution in [0.25, 0.3) is 10.8 Å². The molecule has 0 heterocycles. The molecule has 1 atom stereocenters. The van der Waals surface area contributed by atoms with Crippen LogP contribution in [0.4, 0.5) is 0 Å². The van der Waals surface area contributed by atoms with Gasteiger partial charge in [0, 0.05) is 0 Å². The van der Waals surface area contributed by atoms with E-state index in [-0.39, 0.29) is 12.6 Å². The van der Waals surface area contributed by atoms with Gasteiger partial charge in [0.2, 0.25) is 0 Å². The van der Waals surface area contributed by atoms with Crippen LogP contribution >= 0.6 is 0 Å². The van der Waals surface area contributed by atoms with Crippen LogP contribution in [0.3, 0.4) is 0 Å². The fraction of sp³-hybridized carbons (Fsp3) is 0.231. The number of hydrogen-bond acceptors (Lipinski definition) is 3. The molecule has 0 aliphatic carbocycles. The number of nitrogens with two attached hydrogens (primary N) is 1. The molecule has 0 radical (unpaired) electrons. The molecule has 0 fully saturated rings. The summed E-state index contributed by atoms with van der Waals surface area (Å²) in [6.45, 7) is -0.0400. The Balaban J connectivity index is 2.47. The second-order valence-electron chi connectivity index (χ2n) is 3.76. The highest BCUT2D eigenvalue weighted by Gasteiger charge is 2.05. The zero-order chi connectivity index (χ0) is 11.5. The van der Waals surface area contributed by atoms with Crippen LogP contribution in [0.5, 0.6) is 5.75 Å². The fourth-order valence-corrected chi connectivity index (χ4v) is 1.71. The Morgan fingerprint density at radius 1 is 1.19 bits per heavy atom. The Labute approximate surface area is 94.5 Å². The number of aliphatic hydroxyl groups is 1. The molecule has 16 heavy (non-hydrogen) atoms. The van der Waals surface area contributed by atoms with E-state index in [9.17, 15) is 0 Å². The van der Waals surface area contributed by atoms with Crippen LogP contribution < -0.4 is 10.5 Å². The summed E-state index contributed by atoms with van der Waals surface area (Å²) in [7, 11) is 1.65. The molecule has 0 saturated heterocycles. The first kappa shape index (κ1) is 10.9. The number of rotatable bonds is 3. The third kappa shape index (κ3) is 2.01. The molecule has 3 heteroatoms. The topological polar surface area (TPSA) is 55.5 Å². The molecular weight excluding hydrogens is 202 g/mol. The number of benzene rings is 2. The molecular formula is C13H15NO2. The molecule has 0 spiro atoms. The molecule has 2 aromatic rings. The van der Waals surface area contributed by atoms with Gasteiger partial charge in [-0.25, -0.2) is 0 Å². The van der Waals surface area contributed by atoms with E-state index in [4.69, 9.17) is 15.6 Å². The van der Waals surface area contributed by atoms with Gasteiger partial charge in [-0.05, 0) is 34.5 Å². The first-order valence-corrected chi connectivity index (χ1v) is 5.18. The maximum absolute atomic E-state index is 9.00. The third-order valence-electron chi connectivity index (χ3n) is 2.70. The predicted molar refractivity (Wildman–Crippen MR) is 64.5 cm³/mol. The zero-order valence-electron chi connectivity index (χ0n) is 9.18. The number of hydrogen-bond donors (Lipinski definition) is 2. The van der Waals surface area contributed by atoms with Gasteiger partial charge in [0.1, 0.15) is 5.75 Å². The Kier molecular flexibility index (Phi) is 3.08. The normalized spacial score (nSPS) is 12.7. The van der Waals surface area contributed by atoms with Crippen molar-refractivity contribution in [1.82, 2.24) is 0 Å². The standard InChI is InChI=1S/C13H15NO2/c1-16-12-5-4-9-6-11(13(14)8-15)3-2-10(9)7-12/h2-7,13,15H,8,14H2,1H3. The smallest absolute Gasteiger partial charge is 0.119 e. The van der Waals surface area contributed by atoms with E-state index in [0.29, 0.717) is 0 Å². The summed E-state index contributed by atoms with van der Waals surface area (Å²) >= 11 is 0. The molecule has 2 rings (SSSR count). The lowest BCUT2D eigenvalue weighted by molar-refractivity contribution is 0.268. The average molecular weight is 217 g/mol. The molecule has 0 saturated carbocycles. The minimum Gasteiger partial charge on any atom is -0.497 e. The number of methoxy groups -OCH3 is 1. The minimum atomic E-state index is -0.313. The van der Waals surface area contributed by atoms with Gasteiger partial charge >= 0.3 is 0 Å². The van der Waals surface area contributed by atoms with Crippen LogP contribution in [0.1, 0.15) is 11.6 Å². The summed E-state index contributed by atoms with van der Waals surface area (Å²) in [5.74, 6) is 0.840. The maximum atomic E-state index is 9.00. The second kappa shape index (κ2) is 4.51. The highest BCUT2D eigenvalue weighted by Crippen LogP contribution is 2.23. The lowest BCUT2D eigenvalue weighted by Gasteiger charge is -2.10. The molecule has 0 aromatic heterocycles. The van der Waals surface area contributed by atoms with Crippen molar-refractivity contribution in [2.75, 3.05) is 13.7 Å². The summed E-state index contributed by atoms with van der Waals surface area (Å²) in [6.07, 6.45) is 0. The summed E-state index contributed by atoms with van der Waals surface area (Å²) in [5.41, 5.74) is 6.71. The van der Waals surface area contributed by atoms with Gasteiger partial charge in [0.05, 0.1) is 19.8 Å². The van der Waals surface area contributed by atoms with Gasteiger partial charge in [0.15, 0.2) is 0 Å². The van der Waals surface area contributed by atoms with Gasteiger partial charge in [0.25, 0.3) is 0 Å². The van der Waals surface area contributed by atoms with E-state index in [2.05, 4.69) is 0 Å². The summed E-state index contributed by atoms with van der Waals surface area (Å²) in [6, 6.07) is 11.5. The monoisotopic (exact) mass is 217 g/mol. The Hall–Kier alpha value is -1.58. The van der Waals surface area contributed by atoms with E-state index in [1.807, 2.05) is 36.4 Å². The van der Waals surface area contributed by atoms with Gasteiger partial charge < -0.3 is 15.6 Å².